The van der Waals surface area contributed by atoms with Crippen molar-refractivity contribution in [2.75, 3.05) is 13.2 Å². The van der Waals surface area contributed by atoms with Gasteiger partial charge in [0.2, 0.25) is 0 Å². The summed E-state index contributed by atoms with van der Waals surface area (Å²) in [5.74, 6) is 0.360. The van der Waals surface area contributed by atoms with E-state index in [-0.39, 0.29) is 0 Å². The standard InChI is InChI=1S/C6H8N2O/c1-2-7-8-6(1)5-3-9-4-5/h1-2,5H,3-4H2,(H,7,8)/i1D. The number of hydrogen-bond acceptors (Lipinski definition) is 2. The van der Waals surface area contributed by atoms with E-state index >= 15 is 0 Å². The van der Waals surface area contributed by atoms with Gasteiger partial charge in [-0.3, -0.25) is 5.10 Å². The van der Waals surface area contributed by atoms with Crippen LogP contribution in [0.5, 0.6) is 0 Å². The first-order valence-electron chi connectivity index (χ1n) is 3.46. The lowest BCUT2D eigenvalue weighted by Crippen LogP contribution is -2.25. The number of nitrogens with zero attached hydrogens (tertiary/aromatic N) is 1. The molecule has 0 saturated carbocycles. The molecule has 0 spiro atoms. The van der Waals surface area contributed by atoms with Gasteiger partial charge in [0.1, 0.15) is 0 Å². The topological polar surface area (TPSA) is 37.9 Å². The lowest BCUT2D eigenvalue weighted by molar-refractivity contribution is 0.00669. The SMILES string of the molecule is [2H]c1c[nH]nc1C1COC1. The van der Waals surface area contributed by atoms with E-state index in [0.717, 1.165) is 18.9 Å². The molecule has 1 N–H and O–H groups in total. The largest absolute Gasteiger partial charge is 0.380 e. The molecule has 3 heteroatoms. The van der Waals surface area contributed by atoms with Crippen LogP contribution in [0.15, 0.2) is 12.2 Å². The van der Waals surface area contributed by atoms with Crippen LogP contribution in [0.3, 0.4) is 0 Å². The first-order valence-corrected chi connectivity index (χ1v) is 2.96. The van der Waals surface area contributed by atoms with Crippen molar-refractivity contribution in [2.24, 2.45) is 0 Å². The number of aromatic amines is 1. The second kappa shape index (κ2) is 1.84. The van der Waals surface area contributed by atoms with Gasteiger partial charge in [-0.1, -0.05) is 0 Å². The Bertz CT molecular complexity index is 231. The number of hydrogen-bond donors (Lipinski definition) is 1. The zero-order chi connectivity index (χ0) is 6.97. The summed E-state index contributed by atoms with van der Waals surface area (Å²) in [4.78, 5) is 0. The van der Waals surface area contributed by atoms with Crippen molar-refractivity contribution in [3.8, 4) is 0 Å². The second-order valence-electron chi connectivity index (χ2n) is 2.15. The minimum Gasteiger partial charge on any atom is -0.380 e. The first kappa shape index (κ1) is 4.06. The van der Waals surface area contributed by atoms with Gasteiger partial charge in [-0.2, -0.15) is 5.10 Å². The molecule has 1 fully saturated rings. The van der Waals surface area contributed by atoms with Gasteiger partial charge in [-0.15, -0.1) is 0 Å². The van der Waals surface area contributed by atoms with Crippen LogP contribution < -0.4 is 0 Å². The van der Waals surface area contributed by atoms with Crippen molar-refractivity contribution in [1.82, 2.24) is 10.2 Å². The molecule has 1 saturated heterocycles. The van der Waals surface area contributed by atoms with E-state index in [1.54, 1.807) is 6.20 Å². The number of aromatic nitrogens is 2. The molecule has 9 heavy (non-hydrogen) atoms. The zero-order valence-corrected chi connectivity index (χ0v) is 4.92. The van der Waals surface area contributed by atoms with Crippen LogP contribution in [-0.4, -0.2) is 23.4 Å². The van der Waals surface area contributed by atoms with E-state index in [2.05, 4.69) is 10.2 Å². The fourth-order valence-corrected chi connectivity index (χ4v) is 0.843. The van der Waals surface area contributed by atoms with Crippen molar-refractivity contribution >= 4 is 0 Å². The zero-order valence-electron chi connectivity index (χ0n) is 5.92. The molecule has 48 valence electrons. The molecule has 0 radical (unpaired) electrons. The molecule has 0 atom stereocenters. The van der Waals surface area contributed by atoms with E-state index in [4.69, 9.17) is 6.11 Å². The van der Waals surface area contributed by atoms with Crippen LogP contribution in [0, 0.1) is 0 Å². The highest BCUT2D eigenvalue weighted by Crippen LogP contribution is 2.20. The van der Waals surface area contributed by atoms with Gasteiger partial charge in [0.15, 0.2) is 0 Å². The predicted octanol–water partition coefficient (Wildman–Crippen LogP) is 0.524. The summed E-state index contributed by atoms with van der Waals surface area (Å²) in [5, 5.41) is 6.60. The summed E-state index contributed by atoms with van der Waals surface area (Å²) in [5.41, 5.74) is 0.839. The Morgan fingerprint density at radius 2 is 2.78 bits per heavy atom. The van der Waals surface area contributed by atoms with Crippen molar-refractivity contribution in [1.29, 1.82) is 0 Å². The van der Waals surface area contributed by atoms with Gasteiger partial charge >= 0.3 is 0 Å². The second-order valence-corrected chi connectivity index (χ2v) is 2.15. The molecular weight excluding hydrogens is 116 g/mol. The maximum absolute atomic E-state index is 7.37. The third-order valence-corrected chi connectivity index (χ3v) is 1.49. The van der Waals surface area contributed by atoms with Gasteiger partial charge in [-0.05, 0) is 6.04 Å². The maximum atomic E-state index is 7.37. The predicted molar refractivity (Wildman–Crippen MR) is 32.1 cm³/mol. The van der Waals surface area contributed by atoms with E-state index < -0.39 is 0 Å². The molecule has 0 aliphatic carbocycles. The monoisotopic (exact) mass is 125 g/mol. The molecule has 0 bridgehead atoms. The van der Waals surface area contributed by atoms with Crippen molar-refractivity contribution in [3.63, 3.8) is 0 Å². The lowest BCUT2D eigenvalue weighted by Gasteiger charge is -2.23. The molecule has 1 aromatic rings. The number of nitrogens with one attached hydrogen (secondary N) is 1. The number of H-pyrrole nitrogens is 1. The van der Waals surface area contributed by atoms with Gasteiger partial charge in [0, 0.05) is 12.1 Å². The Labute approximate surface area is 54.4 Å². The fourth-order valence-electron chi connectivity index (χ4n) is 0.843. The maximum Gasteiger partial charge on any atom is 0.0699 e. The van der Waals surface area contributed by atoms with Crippen LogP contribution in [0.25, 0.3) is 0 Å². The molecule has 2 heterocycles. The minimum atomic E-state index is 0.360. The summed E-state index contributed by atoms with van der Waals surface area (Å²) in [6.45, 7) is 1.44. The van der Waals surface area contributed by atoms with Gasteiger partial charge in [0.05, 0.1) is 20.3 Å². The summed E-state index contributed by atoms with van der Waals surface area (Å²) in [6, 6.07) is 0.494. The Balaban J connectivity index is 2.23. The van der Waals surface area contributed by atoms with Crippen molar-refractivity contribution in [2.45, 2.75) is 5.92 Å². The van der Waals surface area contributed by atoms with Crippen LogP contribution >= 0.6 is 0 Å². The summed E-state index contributed by atoms with van der Waals surface area (Å²) in [6.07, 6.45) is 1.59. The summed E-state index contributed by atoms with van der Waals surface area (Å²) >= 11 is 0. The van der Waals surface area contributed by atoms with E-state index in [1.807, 2.05) is 0 Å². The molecule has 3 nitrogen and oxygen atoms in total. The lowest BCUT2D eigenvalue weighted by atomic mass is 10.1. The van der Waals surface area contributed by atoms with Gasteiger partial charge in [0.25, 0.3) is 0 Å². The molecular formula is C6H8N2O. The molecule has 1 aliphatic rings. The van der Waals surface area contributed by atoms with Crippen LogP contribution in [0.2, 0.25) is 0 Å². The van der Waals surface area contributed by atoms with E-state index in [9.17, 15) is 0 Å². The van der Waals surface area contributed by atoms with Gasteiger partial charge in [-0.25, -0.2) is 0 Å². The van der Waals surface area contributed by atoms with Crippen LogP contribution in [0.1, 0.15) is 13.0 Å². The van der Waals surface area contributed by atoms with Gasteiger partial charge < -0.3 is 4.74 Å². The first-order chi connectivity index (χ1) is 4.88. The highest BCUT2D eigenvalue weighted by molar-refractivity contribution is 5.07. The molecule has 0 amide bonds. The van der Waals surface area contributed by atoms with Crippen LogP contribution in [-0.2, 0) is 4.74 Å². The smallest absolute Gasteiger partial charge is 0.0699 e. The number of rotatable bonds is 1. The number of ether oxygens (including phenoxy) is 1. The highest BCUT2D eigenvalue weighted by Gasteiger charge is 2.21. The Morgan fingerprint density at radius 1 is 1.89 bits per heavy atom. The van der Waals surface area contributed by atoms with Crippen LogP contribution in [0.4, 0.5) is 0 Å². The average molecular weight is 125 g/mol. The van der Waals surface area contributed by atoms with E-state index in [1.165, 1.54) is 0 Å². The third-order valence-electron chi connectivity index (χ3n) is 1.49. The molecule has 1 aliphatic heterocycles. The molecule has 0 unspecified atom stereocenters. The highest BCUT2D eigenvalue weighted by atomic mass is 16.5. The minimum absolute atomic E-state index is 0.360. The van der Waals surface area contributed by atoms with Crippen molar-refractivity contribution < 1.29 is 6.11 Å². The Hall–Kier alpha value is -0.830. The normalized spacial score (nSPS) is 21.1. The molecule has 1 aromatic heterocycles. The molecule has 0 aromatic carbocycles. The average Bonchev–Trinajstić information content (AvgIpc) is 2.12. The fraction of sp³-hybridized carbons (Fsp3) is 0.500. The Morgan fingerprint density at radius 3 is 3.22 bits per heavy atom. The van der Waals surface area contributed by atoms with E-state index in [0.29, 0.717) is 12.0 Å². The third kappa shape index (κ3) is 0.733. The quantitative estimate of drug-likeness (QED) is 0.594. The summed E-state index contributed by atoms with van der Waals surface area (Å²) in [7, 11) is 0. The molecule has 2 rings (SSSR count). The summed E-state index contributed by atoms with van der Waals surface area (Å²) < 4.78 is 12.3. The Kier molecular flexibility index (Phi) is 0.832. The van der Waals surface area contributed by atoms with Crippen molar-refractivity contribution in [3.05, 3.63) is 17.9 Å².